The summed E-state index contributed by atoms with van der Waals surface area (Å²) in [5, 5.41) is 4.14. The predicted molar refractivity (Wildman–Crippen MR) is 88.6 cm³/mol. The Bertz CT molecular complexity index is 648. The summed E-state index contributed by atoms with van der Waals surface area (Å²) >= 11 is 6.97. The van der Waals surface area contributed by atoms with Crippen molar-refractivity contribution in [2.24, 2.45) is 11.7 Å². The van der Waals surface area contributed by atoms with Crippen LogP contribution < -0.4 is 5.73 Å². The Hall–Kier alpha value is -0.720. The van der Waals surface area contributed by atoms with Gasteiger partial charge in [-0.15, -0.1) is 0 Å². The average molecular weight is 415 g/mol. The summed E-state index contributed by atoms with van der Waals surface area (Å²) in [6.07, 6.45) is 4.04. The van der Waals surface area contributed by atoms with Crippen LogP contribution in [0.5, 0.6) is 0 Å². The Morgan fingerprint density at radius 2 is 2.00 bits per heavy atom. The number of aromatic nitrogens is 2. The monoisotopic (exact) mass is 413 g/mol. The highest BCUT2D eigenvalue weighted by molar-refractivity contribution is 9.11. The van der Waals surface area contributed by atoms with Gasteiger partial charge in [0.2, 0.25) is 0 Å². The first-order valence-electron chi connectivity index (χ1n) is 7.06. The maximum atomic E-state index is 6.50. The number of nitrogens with zero attached hydrogens (tertiary/aromatic N) is 2. The highest BCUT2D eigenvalue weighted by Gasteiger charge is 2.36. The maximum absolute atomic E-state index is 6.50. The van der Waals surface area contributed by atoms with Crippen LogP contribution in [-0.2, 0) is 5.54 Å². The molecule has 0 amide bonds. The first-order valence-corrected chi connectivity index (χ1v) is 8.65. The van der Waals surface area contributed by atoms with Gasteiger partial charge in [0.15, 0.2) is 5.82 Å². The number of benzene rings is 1. The van der Waals surface area contributed by atoms with Gasteiger partial charge in [0.05, 0.1) is 11.1 Å². The number of hydrogen-bond acceptors (Lipinski definition) is 4. The van der Waals surface area contributed by atoms with E-state index in [2.05, 4.69) is 48.9 Å². The van der Waals surface area contributed by atoms with Crippen molar-refractivity contribution in [1.29, 1.82) is 0 Å². The van der Waals surface area contributed by atoms with Crippen molar-refractivity contribution in [1.82, 2.24) is 10.1 Å². The van der Waals surface area contributed by atoms with Gasteiger partial charge in [-0.25, -0.2) is 0 Å². The minimum Gasteiger partial charge on any atom is -0.334 e. The minimum atomic E-state index is -0.452. The Balaban J connectivity index is 1.91. The molecule has 1 heterocycles. The molecule has 1 fully saturated rings. The van der Waals surface area contributed by atoms with Crippen LogP contribution in [0.4, 0.5) is 0 Å². The molecular formula is C15H17Br2N3O. The number of rotatable bonds is 2. The Morgan fingerprint density at radius 3 is 2.71 bits per heavy atom. The maximum Gasteiger partial charge on any atom is 0.259 e. The van der Waals surface area contributed by atoms with Crippen LogP contribution in [-0.4, -0.2) is 10.1 Å². The smallest absolute Gasteiger partial charge is 0.259 e. The summed E-state index contributed by atoms with van der Waals surface area (Å²) in [4.78, 5) is 4.55. The molecule has 21 heavy (non-hydrogen) atoms. The molecule has 0 bridgehead atoms. The molecule has 3 rings (SSSR count). The highest BCUT2D eigenvalue weighted by Crippen LogP contribution is 2.37. The van der Waals surface area contributed by atoms with Gasteiger partial charge in [-0.05, 0) is 65.7 Å². The lowest BCUT2D eigenvalue weighted by Crippen LogP contribution is -2.41. The summed E-state index contributed by atoms with van der Waals surface area (Å²) in [6.45, 7) is 2.26. The molecule has 0 saturated heterocycles. The quantitative estimate of drug-likeness (QED) is 0.778. The summed E-state index contributed by atoms with van der Waals surface area (Å²) in [5.41, 5.74) is 6.92. The zero-order valence-electron chi connectivity index (χ0n) is 11.8. The van der Waals surface area contributed by atoms with Gasteiger partial charge in [0.1, 0.15) is 0 Å². The fraction of sp³-hybridized carbons (Fsp3) is 0.467. The molecule has 1 aromatic heterocycles. The molecule has 112 valence electrons. The first kappa shape index (κ1) is 15.2. The SMILES string of the molecule is CC1CCC(N)(c2noc(-c3cc(Br)ccc3Br)n2)CC1. The molecule has 1 aliphatic rings. The third kappa shape index (κ3) is 3.07. The molecule has 0 radical (unpaired) electrons. The van der Waals surface area contributed by atoms with E-state index >= 15 is 0 Å². The molecule has 2 N–H and O–H groups in total. The molecule has 2 aromatic rings. The lowest BCUT2D eigenvalue weighted by molar-refractivity contribution is 0.230. The normalized spacial score (nSPS) is 26.0. The lowest BCUT2D eigenvalue weighted by Gasteiger charge is -2.33. The molecule has 6 heteroatoms. The Labute approximate surface area is 140 Å². The third-order valence-electron chi connectivity index (χ3n) is 4.20. The van der Waals surface area contributed by atoms with Gasteiger partial charge < -0.3 is 10.3 Å². The van der Waals surface area contributed by atoms with Crippen molar-refractivity contribution in [2.75, 3.05) is 0 Å². The third-order valence-corrected chi connectivity index (χ3v) is 5.38. The van der Waals surface area contributed by atoms with Gasteiger partial charge in [-0.3, -0.25) is 0 Å². The highest BCUT2D eigenvalue weighted by atomic mass is 79.9. The zero-order chi connectivity index (χ0) is 15.0. The van der Waals surface area contributed by atoms with E-state index in [1.54, 1.807) is 0 Å². The molecule has 0 unspecified atom stereocenters. The second kappa shape index (κ2) is 5.82. The largest absolute Gasteiger partial charge is 0.334 e. The molecule has 1 saturated carbocycles. The van der Waals surface area contributed by atoms with E-state index in [-0.39, 0.29) is 0 Å². The fourth-order valence-electron chi connectivity index (χ4n) is 2.70. The average Bonchev–Trinajstić information content (AvgIpc) is 2.95. The molecule has 0 spiro atoms. The first-order chi connectivity index (χ1) is 9.98. The van der Waals surface area contributed by atoms with Crippen LogP contribution in [0.3, 0.4) is 0 Å². The van der Waals surface area contributed by atoms with Crippen LogP contribution in [0.1, 0.15) is 38.4 Å². The Kier molecular flexibility index (Phi) is 4.21. The van der Waals surface area contributed by atoms with Gasteiger partial charge in [0, 0.05) is 8.95 Å². The van der Waals surface area contributed by atoms with Gasteiger partial charge >= 0.3 is 0 Å². The van der Waals surface area contributed by atoms with Crippen LogP contribution in [0.25, 0.3) is 11.5 Å². The van der Waals surface area contributed by atoms with Crippen LogP contribution in [0.15, 0.2) is 31.7 Å². The molecule has 0 atom stereocenters. The van der Waals surface area contributed by atoms with Crippen molar-refractivity contribution < 1.29 is 4.52 Å². The van der Waals surface area contributed by atoms with Gasteiger partial charge in [0.25, 0.3) is 5.89 Å². The topological polar surface area (TPSA) is 64.9 Å². The van der Waals surface area contributed by atoms with Crippen molar-refractivity contribution in [3.8, 4) is 11.5 Å². The van der Waals surface area contributed by atoms with E-state index in [0.717, 1.165) is 46.1 Å². The van der Waals surface area contributed by atoms with E-state index in [4.69, 9.17) is 10.3 Å². The standard InChI is InChI=1S/C15H17Br2N3O/c1-9-4-6-15(18,7-5-9)14-19-13(21-20-14)11-8-10(16)2-3-12(11)17/h2-3,8-9H,4-7,18H2,1H3. The van der Waals surface area contributed by atoms with E-state index in [1.165, 1.54) is 0 Å². The van der Waals surface area contributed by atoms with E-state index in [1.807, 2.05) is 18.2 Å². The summed E-state index contributed by atoms with van der Waals surface area (Å²) in [5.74, 6) is 1.85. The van der Waals surface area contributed by atoms with Crippen molar-refractivity contribution in [2.45, 2.75) is 38.1 Å². The Morgan fingerprint density at radius 1 is 1.29 bits per heavy atom. The van der Waals surface area contributed by atoms with Crippen LogP contribution in [0.2, 0.25) is 0 Å². The van der Waals surface area contributed by atoms with E-state index < -0.39 is 5.54 Å². The molecule has 0 aliphatic heterocycles. The summed E-state index contributed by atoms with van der Waals surface area (Å²) < 4.78 is 7.33. The molecule has 1 aliphatic carbocycles. The molecule has 1 aromatic carbocycles. The second-order valence-corrected chi connectivity index (χ2v) is 7.66. The van der Waals surface area contributed by atoms with Gasteiger partial charge in [-0.2, -0.15) is 4.98 Å². The van der Waals surface area contributed by atoms with Crippen molar-refractivity contribution in [3.05, 3.63) is 33.0 Å². The van der Waals surface area contributed by atoms with Gasteiger partial charge in [-0.1, -0.05) is 28.0 Å². The molecular weight excluding hydrogens is 398 g/mol. The second-order valence-electron chi connectivity index (χ2n) is 5.89. The zero-order valence-corrected chi connectivity index (χ0v) is 14.9. The number of halogens is 2. The van der Waals surface area contributed by atoms with E-state index in [0.29, 0.717) is 11.7 Å². The van der Waals surface area contributed by atoms with Crippen molar-refractivity contribution in [3.63, 3.8) is 0 Å². The summed E-state index contributed by atoms with van der Waals surface area (Å²) in [7, 11) is 0. The van der Waals surface area contributed by atoms with Crippen LogP contribution >= 0.6 is 31.9 Å². The van der Waals surface area contributed by atoms with Crippen LogP contribution in [0, 0.1) is 5.92 Å². The minimum absolute atomic E-state index is 0.452. The fourth-order valence-corrected chi connectivity index (χ4v) is 3.47. The number of nitrogens with two attached hydrogens (primary N) is 1. The number of hydrogen-bond donors (Lipinski definition) is 1. The predicted octanol–water partition coefficient (Wildman–Crippen LogP) is 4.63. The molecule has 4 nitrogen and oxygen atoms in total. The van der Waals surface area contributed by atoms with Crippen molar-refractivity contribution >= 4 is 31.9 Å². The summed E-state index contributed by atoms with van der Waals surface area (Å²) in [6, 6.07) is 5.86. The van der Waals surface area contributed by atoms with E-state index in [9.17, 15) is 0 Å². The lowest BCUT2D eigenvalue weighted by atomic mass is 9.77.